The van der Waals surface area contributed by atoms with Crippen LogP contribution in [-0.4, -0.2) is 53.3 Å². The highest BCUT2D eigenvalue weighted by molar-refractivity contribution is 5.93. The Hall–Kier alpha value is -1.83. The molecule has 2 unspecified atom stereocenters. The zero-order valence-corrected chi connectivity index (χ0v) is 13.7. The molecule has 8 heteroatoms. The zero-order chi connectivity index (χ0) is 18.0. The second-order valence-corrected chi connectivity index (χ2v) is 6.54. The Kier molecular flexibility index (Phi) is 5.37. The van der Waals surface area contributed by atoms with Crippen LogP contribution in [0.15, 0.2) is 18.3 Å². The molecule has 1 aromatic rings. The zero-order valence-electron chi connectivity index (χ0n) is 13.7. The van der Waals surface area contributed by atoms with Crippen LogP contribution in [0.4, 0.5) is 19.0 Å². The van der Waals surface area contributed by atoms with Gasteiger partial charge in [0.2, 0.25) is 0 Å². The Balaban J connectivity index is 1.96. The number of rotatable bonds is 4. The molecule has 1 aliphatic rings. The summed E-state index contributed by atoms with van der Waals surface area (Å²) in [5, 5.41) is 13.3. The largest absolute Gasteiger partial charge is 0.391 e. The molecule has 2 N–H and O–H groups in total. The second-order valence-electron chi connectivity index (χ2n) is 6.54. The average Bonchev–Trinajstić information content (AvgIpc) is 2.52. The first-order valence-electron chi connectivity index (χ1n) is 7.81. The number of pyridine rings is 1. The Morgan fingerprint density at radius 1 is 1.46 bits per heavy atom. The molecule has 134 valence electrons. The van der Waals surface area contributed by atoms with Crippen LogP contribution in [0.5, 0.6) is 0 Å². The lowest BCUT2D eigenvalue weighted by Gasteiger charge is -2.37. The molecule has 1 aromatic heterocycles. The number of amides is 1. The summed E-state index contributed by atoms with van der Waals surface area (Å²) in [5.41, 5.74) is -0.989. The van der Waals surface area contributed by atoms with Crippen molar-refractivity contribution in [3.8, 4) is 0 Å². The van der Waals surface area contributed by atoms with E-state index in [9.17, 15) is 23.1 Å². The lowest BCUT2D eigenvalue weighted by atomic mass is 9.77. The van der Waals surface area contributed by atoms with Gasteiger partial charge in [0.1, 0.15) is 5.82 Å². The number of carbonyl (C=O) groups excluding carboxylic acids is 1. The van der Waals surface area contributed by atoms with Crippen LogP contribution in [0.1, 0.15) is 36.0 Å². The normalized spacial score (nSPS) is 24.5. The van der Waals surface area contributed by atoms with E-state index in [1.165, 1.54) is 11.1 Å². The minimum atomic E-state index is -4.28. The highest BCUT2D eigenvalue weighted by Crippen LogP contribution is 2.41. The first-order chi connectivity index (χ1) is 11.1. The van der Waals surface area contributed by atoms with Crippen molar-refractivity contribution in [2.75, 3.05) is 26.0 Å². The maximum absolute atomic E-state index is 12.9. The molecule has 0 aliphatic heterocycles. The fourth-order valence-corrected chi connectivity index (χ4v) is 2.92. The molecule has 0 bridgehead atoms. The summed E-state index contributed by atoms with van der Waals surface area (Å²) >= 11 is 0. The monoisotopic (exact) mass is 345 g/mol. The number of hydrogen-bond donors (Lipinski definition) is 2. The lowest BCUT2D eigenvalue weighted by Crippen LogP contribution is -2.45. The van der Waals surface area contributed by atoms with E-state index in [0.29, 0.717) is 24.2 Å². The van der Waals surface area contributed by atoms with Gasteiger partial charge in [0.25, 0.3) is 5.91 Å². The van der Waals surface area contributed by atoms with Crippen molar-refractivity contribution in [1.82, 2.24) is 9.88 Å². The van der Waals surface area contributed by atoms with Crippen LogP contribution in [0.3, 0.4) is 0 Å². The third-order valence-electron chi connectivity index (χ3n) is 4.30. The maximum Gasteiger partial charge on any atom is 0.391 e. The van der Waals surface area contributed by atoms with Crippen molar-refractivity contribution in [1.29, 1.82) is 0 Å². The van der Waals surface area contributed by atoms with Crippen molar-refractivity contribution < 1.29 is 23.1 Å². The molecule has 1 saturated carbocycles. The standard InChI is InChI=1S/C16H22F3N3O2/c1-22(2)14(23)11-5-6-13(20-9-11)21-10-15(24)7-3-4-12(8-15)16(17,18)19/h5-6,9,12,24H,3-4,7-8,10H2,1-2H3,(H,20,21). The Labute approximate surface area is 138 Å². The van der Waals surface area contributed by atoms with Gasteiger partial charge in [-0.1, -0.05) is 0 Å². The molecule has 5 nitrogen and oxygen atoms in total. The van der Waals surface area contributed by atoms with Crippen LogP contribution in [0, 0.1) is 5.92 Å². The first-order valence-corrected chi connectivity index (χ1v) is 7.81. The van der Waals surface area contributed by atoms with E-state index in [1.807, 2.05) is 0 Å². The van der Waals surface area contributed by atoms with Crippen LogP contribution < -0.4 is 5.32 Å². The fourth-order valence-electron chi connectivity index (χ4n) is 2.92. The van der Waals surface area contributed by atoms with Gasteiger partial charge in [0.05, 0.1) is 17.1 Å². The first kappa shape index (κ1) is 18.5. The predicted octanol–water partition coefficient (Wildman–Crippen LogP) is 2.68. The van der Waals surface area contributed by atoms with Gasteiger partial charge in [-0.3, -0.25) is 4.79 Å². The van der Waals surface area contributed by atoms with E-state index in [4.69, 9.17) is 0 Å². The topological polar surface area (TPSA) is 65.5 Å². The van der Waals surface area contributed by atoms with Gasteiger partial charge in [-0.15, -0.1) is 0 Å². The minimum Gasteiger partial charge on any atom is -0.388 e. The van der Waals surface area contributed by atoms with E-state index in [2.05, 4.69) is 10.3 Å². The van der Waals surface area contributed by atoms with Crippen LogP contribution in [0.2, 0.25) is 0 Å². The van der Waals surface area contributed by atoms with Gasteiger partial charge in [-0.05, 0) is 37.8 Å². The van der Waals surface area contributed by atoms with E-state index < -0.39 is 17.7 Å². The Morgan fingerprint density at radius 2 is 2.17 bits per heavy atom. The van der Waals surface area contributed by atoms with Gasteiger partial charge < -0.3 is 15.3 Å². The molecule has 0 spiro atoms. The summed E-state index contributed by atoms with van der Waals surface area (Å²) in [6.07, 6.45) is -2.46. The second kappa shape index (κ2) is 6.96. The van der Waals surface area contributed by atoms with E-state index in [0.717, 1.165) is 0 Å². The van der Waals surface area contributed by atoms with Gasteiger partial charge >= 0.3 is 6.18 Å². The van der Waals surface area contributed by atoms with Crippen molar-refractivity contribution in [3.05, 3.63) is 23.9 Å². The number of anilines is 1. The van der Waals surface area contributed by atoms with Crippen molar-refractivity contribution >= 4 is 11.7 Å². The third-order valence-corrected chi connectivity index (χ3v) is 4.30. The van der Waals surface area contributed by atoms with E-state index >= 15 is 0 Å². The average molecular weight is 345 g/mol. The highest BCUT2D eigenvalue weighted by Gasteiger charge is 2.46. The molecule has 1 amide bonds. The van der Waals surface area contributed by atoms with Gasteiger partial charge in [-0.2, -0.15) is 13.2 Å². The smallest absolute Gasteiger partial charge is 0.388 e. The van der Waals surface area contributed by atoms with Crippen molar-refractivity contribution in [2.24, 2.45) is 5.92 Å². The summed E-state index contributed by atoms with van der Waals surface area (Å²) in [5.74, 6) is -1.24. The summed E-state index contributed by atoms with van der Waals surface area (Å²) in [4.78, 5) is 17.3. The molecule has 2 rings (SSSR count). The van der Waals surface area contributed by atoms with E-state index in [-0.39, 0.29) is 25.3 Å². The number of halogens is 3. The van der Waals surface area contributed by atoms with Gasteiger partial charge in [0.15, 0.2) is 0 Å². The number of aromatic nitrogens is 1. The molecule has 0 radical (unpaired) electrons. The number of nitrogens with one attached hydrogen (secondary N) is 1. The van der Waals surface area contributed by atoms with Crippen LogP contribution >= 0.6 is 0 Å². The van der Waals surface area contributed by atoms with Gasteiger partial charge in [-0.25, -0.2) is 4.98 Å². The number of hydrogen-bond acceptors (Lipinski definition) is 4. The molecule has 2 atom stereocenters. The maximum atomic E-state index is 12.9. The van der Waals surface area contributed by atoms with Crippen molar-refractivity contribution in [3.63, 3.8) is 0 Å². The van der Waals surface area contributed by atoms with Crippen LogP contribution in [0.25, 0.3) is 0 Å². The third kappa shape index (κ3) is 4.59. The summed E-state index contributed by atoms with van der Waals surface area (Å²) in [6.45, 7) is -0.00640. The molecule has 1 heterocycles. The van der Waals surface area contributed by atoms with E-state index in [1.54, 1.807) is 26.2 Å². The number of nitrogens with zero attached hydrogens (tertiary/aromatic N) is 2. The summed E-state index contributed by atoms with van der Waals surface area (Å²) in [6, 6.07) is 3.16. The van der Waals surface area contributed by atoms with Crippen LogP contribution in [-0.2, 0) is 0 Å². The molecule has 24 heavy (non-hydrogen) atoms. The highest BCUT2D eigenvalue weighted by atomic mass is 19.4. The summed E-state index contributed by atoms with van der Waals surface area (Å²) in [7, 11) is 3.26. The van der Waals surface area contributed by atoms with Gasteiger partial charge in [0, 0.05) is 26.8 Å². The molecule has 1 fully saturated rings. The SMILES string of the molecule is CN(C)C(=O)c1ccc(NCC2(O)CCCC(C(F)(F)F)C2)nc1. The molecule has 1 aliphatic carbocycles. The number of carbonyl (C=O) groups is 1. The number of alkyl halides is 3. The number of aliphatic hydroxyl groups is 1. The fraction of sp³-hybridized carbons (Fsp3) is 0.625. The van der Waals surface area contributed by atoms with Crippen molar-refractivity contribution in [2.45, 2.75) is 37.5 Å². The quantitative estimate of drug-likeness (QED) is 0.881. The Morgan fingerprint density at radius 3 is 2.71 bits per heavy atom. The molecule has 0 saturated heterocycles. The molecule has 0 aromatic carbocycles. The summed E-state index contributed by atoms with van der Waals surface area (Å²) < 4.78 is 38.6. The predicted molar refractivity (Wildman–Crippen MR) is 83.7 cm³/mol. The lowest BCUT2D eigenvalue weighted by molar-refractivity contribution is -0.199. The Bertz CT molecular complexity index is 575. The minimum absolute atomic E-state index is 0.00640. The molecular formula is C16H22F3N3O2. The molecular weight excluding hydrogens is 323 g/mol.